The fraction of sp³-hybridized carbons (Fsp3) is 0.938. The second-order valence-corrected chi connectivity index (χ2v) is 9.18. The molecule has 0 aromatic rings. The highest BCUT2D eigenvalue weighted by Gasteiger charge is 2.70. The second kappa shape index (κ2) is 7.10. The van der Waals surface area contributed by atoms with E-state index in [-0.39, 0.29) is 25.2 Å². The molecule has 172 valence electrons. The Kier molecular flexibility index (Phi) is 5.30. The molecule has 4 saturated carbocycles. The molecule has 0 radical (unpaired) electrons. The lowest BCUT2D eigenvalue weighted by molar-refractivity contribution is -0.433. The average molecular weight is 468 g/mol. The number of esters is 1. The van der Waals surface area contributed by atoms with E-state index in [0.717, 1.165) is 0 Å². The van der Waals surface area contributed by atoms with Gasteiger partial charge in [0, 0.05) is 11.8 Å². The first kappa shape index (κ1) is 22.4. The lowest BCUT2D eigenvalue weighted by Gasteiger charge is -2.63. The van der Waals surface area contributed by atoms with Gasteiger partial charge in [0.2, 0.25) is 0 Å². The molecule has 0 aromatic heterocycles. The molecule has 5 rings (SSSR count). The first-order chi connectivity index (χ1) is 13.8. The molecule has 1 spiro atoms. The number of halogens is 6. The average Bonchev–Trinajstić information content (AvgIpc) is 2.73. The van der Waals surface area contributed by atoms with Crippen LogP contribution in [0.3, 0.4) is 0 Å². The largest absolute Gasteiger partial charge is 0.454 e. The summed E-state index contributed by atoms with van der Waals surface area (Å²) >= 11 is -0.757. The van der Waals surface area contributed by atoms with E-state index in [4.69, 9.17) is 19.5 Å². The maximum atomic E-state index is 13.8. The zero-order valence-corrected chi connectivity index (χ0v) is 16.1. The third kappa shape index (κ3) is 3.48. The van der Waals surface area contributed by atoms with Gasteiger partial charge in [-0.1, -0.05) is 5.04 Å². The molecule has 4 aliphatic carbocycles. The Labute approximate surface area is 170 Å². The molecular weight excluding hydrogens is 450 g/mol. The van der Waals surface area contributed by atoms with Gasteiger partial charge >= 0.3 is 23.1 Å². The van der Waals surface area contributed by atoms with Crippen LogP contribution in [-0.4, -0.2) is 52.9 Å². The Morgan fingerprint density at radius 2 is 1.53 bits per heavy atom. The van der Waals surface area contributed by atoms with Crippen LogP contribution in [0.5, 0.6) is 0 Å². The zero-order valence-electron chi connectivity index (χ0n) is 15.3. The normalized spacial score (nSPS) is 38.4. The van der Waals surface area contributed by atoms with Crippen LogP contribution in [-0.2, 0) is 28.4 Å². The Hall–Kier alpha value is -0.800. The topological polar surface area (TPSA) is 83.5 Å². The smallest absolute Gasteiger partial charge is 0.415 e. The van der Waals surface area contributed by atoms with Gasteiger partial charge in [0.15, 0.2) is 5.79 Å². The molecule has 30 heavy (non-hydrogen) atoms. The van der Waals surface area contributed by atoms with Gasteiger partial charge in [-0.25, -0.2) is 10.1 Å². The van der Waals surface area contributed by atoms with Crippen LogP contribution in [0.1, 0.15) is 32.1 Å². The highest BCUT2D eigenvalue weighted by molar-refractivity contribution is 7.96. The van der Waals surface area contributed by atoms with E-state index in [9.17, 15) is 31.1 Å². The maximum absolute atomic E-state index is 13.8. The van der Waals surface area contributed by atoms with E-state index in [1.165, 1.54) is 0 Å². The van der Waals surface area contributed by atoms with E-state index in [1.54, 1.807) is 0 Å². The number of carbonyl (C=O) groups excluding carboxylic acids is 1. The highest BCUT2D eigenvalue weighted by Crippen LogP contribution is 2.64. The maximum Gasteiger partial charge on any atom is 0.415 e. The Morgan fingerprint density at radius 1 is 1.00 bits per heavy atom. The third-order valence-electron chi connectivity index (χ3n) is 6.48. The summed E-state index contributed by atoms with van der Waals surface area (Å²) in [5, 5.41) is 6.86. The van der Waals surface area contributed by atoms with Crippen molar-refractivity contribution < 1.29 is 60.0 Å². The molecule has 1 saturated heterocycles. The number of hydrogen-bond acceptors (Lipinski definition) is 8. The van der Waals surface area contributed by atoms with Gasteiger partial charge < -0.3 is 14.2 Å². The van der Waals surface area contributed by atoms with Gasteiger partial charge in [0.1, 0.15) is 30.9 Å². The number of carbonyl (C=O) groups is 1. The molecule has 5 fully saturated rings. The van der Waals surface area contributed by atoms with Crippen molar-refractivity contribution in [3.63, 3.8) is 0 Å². The lowest BCUT2D eigenvalue weighted by atomic mass is 9.51. The van der Waals surface area contributed by atoms with Crippen LogP contribution in [0.25, 0.3) is 0 Å². The summed E-state index contributed by atoms with van der Waals surface area (Å²) in [7, 11) is 0. The second-order valence-electron chi connectivity index (χ2n) is 8.37. The van der Waals surface area contributed by atoms with E-state index >= 15 is 0 Å². The van der Waals surface area contributed by atoms with Gasteiger partial charge in [0.25, 0.3) is 0 Å². The quantitative estimate of drug-likeness (QED) is 0.215. The number of ether oxygens (including phenoxy) is 3. The van der Waals surface area contributed by atoms with Gasteiger partial charge in [-0.05, 0) is 38.0 Å². The molecule has 14 heteroatoms. The molecule has 1 N–H and O–H groups in total. The Balaban J connectivity index is 1.53. The zero-order chi connectivity index (χ0) is 22.0. The molecule has 4 bridgehead atoms. The van der Waals surface area contributed by atoms with Crippen LogP contribution >= 0.6 is 12.0 Å². The molecule has 1 aliphatic heterocycles. The minimum Gasteiger partial charge on any atom is -0.454 e. The highest BCUT2D eigenvalue weighted by atomic mass is 32.2. The summed E-state index contributed by atoms with van der Waals surface area (Å²) in [6, 6.07) is 0. The molecule has 2 unspecified atom stereocenters. The molecule has 5 aliphatic rings. The predicted octanol–water partition coefficient (Wildman–Crippen LogP) is 3.78. The van der Waals surface area contributed by atoms with Crippen molar-refractivity contribution >= 4 is 18.0 Å². The molecule has 0 aromatic carbocycles. The summed E-state index contributed by atoms with van der Waals surface area (Å²) < 4.78 is 102. The SMILES string of the molecule is O=C(OC12CC3CC(C1)C1(OCC(F)(F)C(F)(F)CO1)C(C3)C2)C(F)(F)SOOO. The van der Waals surface area contributed by atoms with E-state index in [0.29, 0.717) is 12.8 Å². The summed E-state index contributed by atoms with van der Waals surface area (Å²) in [6.07, 6.45) is 0.938. The van der Waals surface area contributed by atoms with Crippen molar-refractivity contribution in [2.45, 2.75) is 60.6 Å². The van der Waals surface area contributed by atoms with Crippen molar-refractivity contribution in [3.8, 4) is 0 Å². The van der Waals surface area contributed by atoms with Gasteiger partial charge in [0.05, 0.1) is 0 Å². The predicted molar refractivity (Wildman–Crippen MR) is 84.2 cm³/mol. The van der Waals surface area contributed by atoms with Crippen LogP contribution in [0.2, 0.25) is 0 Å². The fourth-order valence-corrected chi connectivity index (χ4v) is 5.68. The van der Waals surface area contributed by atoms with Crippen molar-refractivity contribution in [2.75, 3.05) is 13.2 Å². The van der Waals surface area contributed by atoms with Crippen LogP contribution in [0, 0.1) is 17.8 Å². The lowest BCUT2D eigenvalue weighted by Crippen LogP contribution is -2.66. The first-order valence-electron chi connectivity index (χ1n) is 9.15. The van der Waals surface area contributed by atoms with Crippen molar-refractivity contribution in [1.29, 1.82) is 0 Å². The first-order valence-corrected chi connectivity index (χ1v) is 9.90. The summed E-state index contributed by atoms with van der Waals surface area (Å²) in [5.41, 5.74) is -1.33. The summed E-state index contributed by atoms with van der Waals surface area (Å²) in [4.78, 5) is 12.0. The fourth-order valence-electron chi connectivity index (χ4n) is 5.46. The third-order valence-corrected chi connectivity index (χ3v) is 6.99. The number of alkyl halides is 6. The molecule has 7 nitrogen and oxygen atoms in total. The molecule has 2 atom stereocenters. The monoisotopic (exact) mass is 468 g/mol. The number of rotatable bonds is 5. The van der Waals surface area contributed by atoms with Gasteiger partial charge in [-0.15, -0.1) is 4.33 Å². The van der Waals surface area contributed by atoms with E-state index < -0.39 is 71.5 Å². The van der Waals surface area contributed by atoms with Crippen molar-refractivity contribution in [2.24, 2.45) is 17.8 Å². The van der Waals surface area contributed by atoms with Gasteiger partial charge in [-0.2, -0.15) is 26.3 Å². The standard InChI is InChI=1S/C16H18F6O7S/c17-13(18)6-25-15(26-7-14(13,19)20)9-1-8-2-10(15)5-12(3-8,4-9)27-11(23)16(21,22)30-29-28-24/h8-10,24H,1-7H2. The molecule has 1 heterocycles. The summed E-state index contributed by atoms with van der Waals surface area (Å²) in [6.45, 7) is -3.06. The minimum absolute atomic E-state index is 0.0546. The van der Waals surface area contributed by atoms with E-state index in [1.807, 2.05) is 0 Å². The summed E-state index contributed by atoms with van der Waals surface area (Å²) in [5.74, 6) is -13.9. The molecule has 0 amide bonds. The van der Waals surface area contributed by atoms with E-state index in [2.05, 4.69) is 9.37 Å². The minimum atomic E-state index is -4.41. The van der Waals surface area contributed by atoms with Crippen molar-refractivity contribution in [3.05, 3.63) is 0 Å². The van der Waals surface area contributed by atoms with Crippen LogP contribution in [0.4, 0.5) is 26.3 Å². The van der Waals surface area contributed by atoms with Gasteiger partial charge in [-0.3, -0.25) is 0 Å². The van der Waals surface area contributed by atoms with Crippen LogP contribution in [0.15, 0.2) is 0 Å². The molecular formula is C16H18F6O7S. The van der Waals surface area contributed by atoms with Crippen molar-refractivity contribution in [1.82, 2.24) is 0 Å². The van der Waals surface area contributed by atoms with Crippen LogP contribution < -0.4 is 0 Å². The Morgan fingerprint density at radius 3 is 2.03 bits per heavy atom. The number of hydrogen-bond donors (Lipinski definition) is 1. The Bertz CT molecular complexity index is 672.